The van der Waals surface area contributed by atoms with Gasteiger partial charge in [-0.1, -0.05) is 61.3 Å². The minimum Gasteiger partial charge on any atom is -0.461 e. The number of hydrogen-bond acceptors (Lipinski definition) is 2. The summed E-state index contributed by atoms with van der Waals surface area (Å²) in [5.74, 6) is 0.692. The van der Waals surface area contributed by atoms with Crippen LogP contribution in [-0.2, 0) is 9.53 Å². The van der Waals surface area contributed by atoms with Crippen LogP contribution in [0.5, 0.6) is 0 Å². The van der Waals surface area contributed by atoms with Crippen molar-refractivity contribution < 1.29 is 9.53 Å². The van der Waals surface area contributed by atoms with Gasteiger partial charge in [-0.2, -0.15) is 0 Å². The van der Waals surface area contributed by atoms with Crippen LogP contribution in [0, 0.1) is 16.7 Å². The highest BCUT2D eigenvalue weighted by Crippen LogP contribution is 2.45. The maximum absolute atomic E-state index is 10.9. The summed E-state index contributed by atoms with van der Waals surface area (Å²) >= 11 is 0. The maximum atomic E-state index is 10.9. The highest BCUT2D eigenvalue weighted by molar-refractivity contribution is 5.38. The SMILES string of the molecule is CC[C@@H](C)[C@@](C)(CC)CC[C@@](C)(OC=O)C(C)(C)CC. The molecule has 2 heteroatoms. The predicted octanol–water partition coefficient (Wildman–Crippen LogP) is 5.60. The van der Waals surface area contributed by atoms with Crippen LogP contribution < -0.4 is 0 Å². The second-order valence-corrected chi connectivity index (χ2v) is 7.50. The van der Waals surface area contributed by atoms with Crippen LogP contribution in [0.1, 0.15) is 87.5 Å². The molecule has 0 aliphatic rings. The van der Waals surface area contributed by atoms with E-state index in [-0.39, 0.29) is 11.0 Å². The number of carbonyl (C=O) groups excluding carboxylic acids is 1. The van der Waals surface area contributed by atoms with Gasteiger partial charge in [-0.3, -0.25) is 4.79 Å². The lowest BCUT2D eigenvalue weighted by Gasteiger charge is -2.45. The highest BCUT2D eigenvalue weighted by Gasteiger charge is 2.43. The zero-order valence-corrected chi connectivity index (χ0v) is 15.0. The van der Waals surface area contributed by atoms with Gasteiger partial charge in [0.1, 0.15) is 5.60 Å². The summed E-state index contributed by atoms with van der Waals surface area (Å²) in [5, 5.41) is 0. The quantitative estimate of drug-likeness (QED) is 0.488. The van der Waals surface area contributed by atoms with Crippen molar-refractivity contribution in [1.82, 2.24) is 0 Å². The molecule has 0 N–H and O–H groups in total. The van der Waals surface area contributed by atoms with Crippen molar-refractivity contribution in [2.24, 2.45) is 16.7 Å². The van der Waals surface area contributed by atoms with Crippen LogP contribution in [0.3, 0.4) is 0 Å². The first kappa shape index (κ1) is 19.5. The summed E-state index contributed by atoms with van der Waals surface area (Å²) in [5.41, 5.74) is -0.0581. The van der Waals surface area contributed by atoms with Gasteiger partial charge in [-0.15, -0.1) is 0 Å². The Kier molecular flexibility index (Phi) is 7.27. The molecule has 0 fully saturated rings. The minimum atomic E-state index is -0.382. The average molecular weight is 284 g/mol. The molecule has 0 bridgehead atoms. The van der Waals surface area contributed by atoms with Crippen molar-refractivity contribution in [3.05, 3.63) is 0 Å². The first-order valence-electron chi connectivity index (χ1n) is 8.24. The monoisotopic (exact) mass is 284 g/mol. The van der Waals surface area contributed by atoms with E-state index in [0.717, 1.165) is 19.3 Å². The summed E-state index contributed by atoms with van der Waals surface area (Å²) in [6, 6.07) is 0. The molecule has 0 spiro atoms. The van der Waals surface area contributed by atoms with Crippen molar-refractivity contribution in [2.75, 3.05) is 0 Å². The molecule has 120 valence electrons. The van der Waals surface area contributed by atoms with Crippen LogP contribution in [0.15, 0.2) is 0 Å². The molecule has 3 atom stereocenters. The Morgan fingerprint density at radius 2 is 1.55 bits per heavy atom. The standard InChI is InChI=1S/C18H36O2/c1-9-15(4)17(7,11-3)12-13-18(8,20-14-19)16(5,6)10-2/h14-15H,9-13H2,1-8H3/t15-,17+,18-/m1/s1. The van der Waals surface area contributed by atoms with Crippen molar-refractivity contribution in [2.45, 2.75) is 93.1 Å². The van der Waals surface area contributed by atoms with E-state index >= 15 is 0 Å². The molecule has 20 heavy (non-hydrogen) atoms. The van der Waals surface area contributed by atoms with E-state index < -0.39 is 0 Å². The van der Waals surface area contributed by atoms with Crippen LogP contribution in [0.25, 0.3) is 0 Å². The van der Waals surface area contributed by atoms with Crippen LogP contribution in [-0.4, -0.2) is 12.1 Å². The number of rotatable bonds is 10. The molecule has 0 heterocycles. The second kappa shape index (κ2) is 7.47. The molecule has 0 aliphatic carbocycles. The van der Waals surface area contributed by atoms with E-state index in [4.69, 9.17) is 4.74 Å². The summed E-state index contributed by atoms with van der Waals surface area (Å²) in [6.07, 6.45) is 5.41. The van der Waals surface area contributed by atoms with Crippen LogP contribution in [0.2, 0.25) is 0 Å². The van der Waals surface area contributed by atoms with Crippen LogP contribution in [0.4, 0.5) is 0 Å². The van der Waals surface area contributed by atoms with E-state index in [1.165, 1.54) is 12.8 Å². The normalized spacial score (nSPS) is 19.8. The van der Waals surface area contributed by atoms with Gasteiger partial charge in [0.15, 0.2) is 0 Å². The zero-order chi connectivity index (χ0) is 16.0. The Hall–Kier alpha value is -0.530. The Morgan fingerprint density at radius 3 is 1.90 bits per heavy atom. The molecule has 0 aromatic carbocycles. The van der Waals surface area contributed by atoms with E-state index in [1.807, 2.05) is 0 Å². The largest absolute Gasteiger partial charge is 0.461 e. The molecule has 0 amide bonds. The molecule has 0 aromatic heterocycles. The molecule has 0 aromatic rings. The van der Waals surface area contributed by atoms with Gasteiger partial charge in [0.2, 0.25) is 0 Å². The van der Waals surface area contributed by atoms with Gasteiger partial charge < -0.3 is 4.74 Å². The molecule has 0 saturated heterocycles. The lowest BCUT2D eigenvalue weighted by atomic mass is 9.65. The molecular formula is C18H36O2. The van der Waals surface area contributed by atoms with E-state index in [1.54, 1.807) is 0 Å². The number of carbonyl (C=O) groups is 1. The molecule has 0 rings (SSSR count). The first-order chi connectivity index (χ1) is 9.12. The van der Waals surface area contributed by atoms with Gasteiger partial charge in [-0.05, 0) is 37.5 Å². The first-order valence-corrected chi connectivity index (χ1v) is 8.24. The Labute approximate surface area is 126 Å². The minimum absolute atomic E-state index is 0.00197. The molecule has 0 saturated carbocycles. The molecule has 0 radical (unpaired) electrons. The van der Waals surface area contributed by atoms with Gasteiger partial charge in [0.25, 0.3) is 6.47 Å². The van der Waals surface area contributed by atoms with Gasteiger partial charge in [0.05, 0.1) is 0 Å². The van der Waals surface area contributed by atoms with E-state index in [0.29, 0.717) is 17.8 Å². The topological polar surface area (TPSA) is 26.3 Å². The highest BCUT2D eigenvalue weighted by atomic mass is 16.5. The lowest BCUT2D eigenvalue weighted by molar-refractivity contribution is -0.159. The fraction of sp³-hybridized carbons (Fsp3) is 0.944. The van der Waals surface area contributed by atoms with Gasteiger partial charge >= 0.3 is 0 Å². The number of hydrogen-bond donors (Lipinski definition) is 0. The van der Waals surface area contributed by atoms with Crippen molar-refractivity contribution >= 4 is 6.47 Å². The summed E-state index contributed by atoms with van der Waals surface area (Å²) in [6.45, 7) is 18.5. The third-order valence-corrected chi connectivity index (χ3v) is 6.41. The Bertz CT molecular complexity index is 298. The van der Waals surface area contributed by atoms with Crippen molar-refractivity contribution in [1.29, 1.82) is 0 Å². The zero-order valence-electron chi connectivity index (χ0n) is 15.0. The Balaban J connectivity index is 5.07. The average Bonchev–Trinajstić information content (AvgIpc) is 2.43. The molecule has 2 nitrogen and oxygen atoms in total. The summed E-state index contributed by atoms with van der Waals surface area (Å²) in [7, 11) is 0. The van der Waals surface area contributed by atoms with Crippen molar-refractivity contribution in [3.63, 3.8) is 0 Å². The lowest BCUT2D eigenvalue weighted by Crippen LogP contribution is -2.45. The fourth-order valence-corrected chi connectivity index (χ4v) is 2.83. The molecule has 0 unspecified atom stereocenters. The maximum Gasteiger partial charge on any atom is 0.293 e. The third-order valence-electron chi connectivity index (χ3n) is 6.41. The second-order valence-electron chi connectivity index (χ2n) is 7.50. The number of ether oxygens (including phenoxy) is 1. The van der Waals surface area contributed by atoms with Gasteiger partial charge in [-0.25, -0.2) is 0 Å². The predicted molar refractivity (Wildman–Crippen MR) is 86.7 cm³/mol. The molecule has 0 aliphatic heterocycles. The van der Waals surface area contributed by atoms with E-state index in [2.05, 4.69) is 55.4 Å². The molecular weight excluding hydrogens is 248 g/mol. The third kappa shape index (κ3) is 4.23. The fourth-order valence-electron chi connectivity index (χ4n) is 2.83. The van der Waals surface area contributed by atoms with Gasteiger partial charge in [0, 0.05) is 5.41 Å². The smallest absolute Gasteiger partial charge is 0.293 e. The summed E-state index contributed by atoms with van der Waals surface area (Å²) in [4.78, 5) is 10.9. The Morgan fingerprint density at radius 1 is 1.00 bits per heavy atom. The van der Waals surface area contributed by atoms with E-state index in [9.17, 15) is 4.79 Å². The van der Waals surface area contributed by atoms with Crippen LogP contribution >= 0.6 is 0 Å². The van der Waals surface area contributed by atoms with Crippen molar-refractivity contribution in [3.8, 4) is 0 Å². The summed E-state index contributed by atoms with van der Waals surface area (Å²) < 4.78 is 5.56.